The molecule has 3 aliphatic rings. The molecule has 3 amide bonds. The summed E-state index contributed by atoms with van der Waals surface area (Å²) in [6.45, 7) is 5.21. The lowest BCUT2D eigenvalue weighted by atomic mass is 10.1. The number of amides is 3. The number of carbonyl (C=O) groups excluding carboxylic acids is 3. The number of rotatable bonds is 5. The average molecular weight is 586 g/mol. The van der Waals surface area contributed by atoms with Crippen molar-refractivity contribution in [3.8, 4) is 0 Å². The lowest BCUT2D eigenvalue weighted by Crippen LogP contribution is -2.35. The zero-order chi connectivity index (χ0) is 29.6. The summed E-state index contributed by atoms with van der Waals surface area (Å²) in [4.78, 5) is 46.3. The summed E-state index contributed by atoms with van der Waals surface area (Å²) in [5.41, 5.74) is 3.68. The van der Waals surface area contributed by atoms with Gasteiger partial charge in [0, 0.05) is 62.5 Å². The average Bonchev–Trinajstić information content (AvgIpc) is 3.55. The first-order valence-electron chi connectivity index (χ1n) is 14.6. The summed E-state index contributed by atoms with van der Waals surface area (Å²) in [6, 6.07) is 15.1. The van der Waals surface area contributed by atoms with Crippen LogP contribution in [0.5, 0.6) is 0 Å². The number of para-hydroxylation sites is 1. The van der Waals surface area contributed by atoms with Gasteiger partial charge in [0.2, 0.25) is 0 Å². The maximum Gasteiger partial charge on any atom is 0.259 e. The summed E-state index contributed by atoms with van der Waals surface area (Å²) in [7, 11) is 3.54. The maximum atomic E-state index is 13.9. The number of thioether (sulfide) groups is 1. The van der Waals surface area contributed by atoms with Crippen LogP contribution in [-0.4, -0.2) is 67.8 Å². The van der Waals surface area contributed by atoms with E-state index in [0.29, 0.717) is 36.3 Å². The molecule has 2 N–H and O–H groups in total. The summed E-state index contributed by atoms with van der Waals surface area (Å²) >= 11 is 1.53. The van der Waals surface area contributed by atoms with Crippen LogP contribution in [0.2, 0.25) is 0 Å². The van der Waals surface area contributed by atoms with Crippen LogP contribution in [0.1, 0.15) is 53.8 Å². The molecular weight excluding hydrogens is 546 g/mol. The fourth-order valence-corrected chi connectivity index (χ4v) is 6.72. The molecule has 0 saturated carbocycles. The van der Waals surface area contributed by atoms with Crippen molar-refractivity contribution in [2.24, 2.45) is 0 Å². The normalized spacial score (nSPS) is 20.3. The highest BCUT2D eigenvalue weighted by atomic mass is 32.2. The van der Waals surface area contributed by atoms with E-state index in [1.807, 2.05) is 47.4 Å². The smallest absolute Gasteiger partial charge is 0.259 e. The van der Waals surface area contributed by atoms with Gasteiger partial charge in [-0.2, -0.15) is 0 Å². The predicted octanol–water partition coefficient (Wildman–Crippen LogP) is 5.30. The summed E-state index contributed by atoms with van der Waals surface area (Å²) < 4.78 is 0. The minimum Gasteiger partial charge on any atom is -0.368 e. The van der Waals surface area contributed by atoms with Gasteiger partial charge in [0.05, 0.1) is 10.5 Å². The van der Waals surface area contributed by atoms with Gasteiger partial charge in [-0.05, 0) is 74.6 Å². The molecule has 42 heavy (non-hydrogen) atoms. The molecule has 1 unspecified atom stereocenters. The largest absolute Gasteiger partial charge is 0.368 e. The lowest BCUT2D eigenvalue weighted by molar-refractivity contribution is -0.124. The minimum atomic E-state index is -0.170. The van der Waals surface area contributed by atoms with Gasteiger partial charge in [-0.25, -0.2) is 0 Å². The number of likely N-dealkylation sites (N-methyl/N-ethyl adjacent to an activating group) is 1. The van der Waals surface area contributed by atoms with Crippen molar-refractivity contribution >= 4 is 40.9 Å². The van der Waals surface area contributed by atoms with Crippen molar-refractivity contribution in [1.82, 2.24) is 15.1 Å². The van der Waals surface area contributed by atoms with Crippen LogP contribution in [0.25, 0.3) is 0 Å². The molecule has 5 rings (SSSR count). The number of dihydropyridines is 1. The number of fused-ring (bicyclic) bond motifs is 1. The van der Waals surface area contributed by atoms with Crippen molar-refractivity contribution < 1.29 is 14.4 Å². The molecule has 2 aromatic rings. The predicted molar refractivity (Wildman–Crippen MR) is 170 cm³/mol. The second kappa shape index (κ2) is 13.3. The molecule has 1 fully saturated rings. The molecule has 0 aromatic heterocycles. The van der Waals surface area contributed by atoms with Crippen molar-refractivity contribution in [1.29, 1.82) is 0 Å². The van der Waals surface area contributed by atoms with Crippen LogP contribution in [0.3, 0.4) is 0 Å². The Morgan fingerprint density at radius 1 is 0.976 bits per heavy atom. The summed E-state index contributed by atoms with van der Waals surface area (Å²) in [5, 5.41) is 6.35. The first-order valence-corrected chi connectivity index (χ1v) is 15.5. The highest BCUT2D eigenvalue weighted by Crippen LogP contribution is 2.40. The lowest BCUT2D eigenvalue weighted by Gasteiger charge is -2.29. The molecule has 0 aliphatic carbocycles. The molecule has 8 nitrogen and oxygen atoms in total. The number of allylic oxidation sites excluding steroid dienone is 1. The fourth-order valence-electron chi connectivity index (χ4n) is 5.51. The molecule has 0 radical (unpaired) electrons. The Labute approximate surface area is 252 Å². The van der Waals surface area contributed by atoms with Gasteiger partial charge in [-0.1, -0.05) is 30.4 Å². The molecule has 0 spiro atoms. The van der Waals surface area contributed by atoms with Crippen LogP contribution < -0.4 is 15.5 Å². The van der Waals surface area contributed by atoms with Crippen molar-refractivity contribution in [2.75, 3.05) is 50.5 Å². The number of carbonyl (C=O) groups is 3. The molecule has 220 valence electrons. The van der Waals surface area contributed by atoms with E-state index < -0.39 is 0 Å². The highest BCUT2D eigenvalue weighted by molar-refractivity contribution is 8.04. The molecule has 0 bridgehead atoms. The van der Waals surface area contributed by atoms with Crippen LogP contribution in [-0.2, 0) is 9.59 Å². The SMILES string of the molecule is CC1S/C(C(=O)N(C)C)=C\CCCN(C(=O)c2ccc(NC(=O)C3=C(N4CCCC4)NCC=C3)cc2)c2ccccc21. The van der Waals surface area contributed by atoms with E-state index in [1.165, 1.54) is 11.8 Å². The number of hydrogen-bond acceptors (Lipinski definition) is 6. The van der Waals surface area contributed by atoms with Crippen molar-refractivity contribution in [3.63, 3.8) is 0 Å². The van der Waals surface area contributed by atoms with E-state index in [2.05, 4.69) is 22.5 Å². The Morgan fingerprint density at radius 2 is 1.71 bits per heavy atom. The van der Waals surface area contributed by atoms with Gasteiger partial charge in [-0.15, -0.1) is 11.8 Å². The third-order valence-corrected chi connectivity index (χ3v) is 8.93. The Morgan fingerprint density at radius 3 is 2.45 bits per heavy atom. The quantitative estimate of drug-likeness (QED) is 0.496. The van der Waals surface area contributed by atoms with Crippen LogP contribution in [0.4, 0.5) is 11.4 Å². The second-order valence-electron chi connectivity index (χ2n) is 11.0. The molecular formula is C33H39N5O3S. The Balaban J connectivity index is 1.34. The third kappa shape index (κ3) is 6.57. The number of nitrogens with one attached hydrogen (secondary N) is 2. The zero-order valence-electron chi connectivity index (χ0n) is 24.6. The topological polar surface area (TPSA) is 85.0 Å². The van der Waals surface area contributed by atoms with Gasteiger partial charge >= 0.3 is 0 Å². The van der Waals surface area contributed by atoms with E-state index in [0.717, 1.165) is 54.3 Å². The monoisotopic (exact) mass is 585 g/mol. The molecule has 3 aliphatic heterocycles. The number of anilines is 2. The van der Waals surface area contributed by atoms with Gasteiger partial charge in [0.15, 0.2) is 0 Å². The molecule has 2 aromatic carbocycles. The fraction of sp³-hybridized carbons (Fsp3) is 0.364. The summed E-state index contributed by atoms with van der Waals surface area (Å²) in [6.07, 6.45) is 9.53. The number of likely N-dealkylation sites (tertiary alicyclic amines) is 1. The third-order valence-electron chi connectivity index (χ3n) is 7.73. The Hall–Kier alpha value is -3.98. The number of hydrogen-bond donors (Lipinski definition) is 2. The number of nitrogens with zero attached hydrogens (tertiary/aromatic N) is 3. The standard InChI is InChI=1S/C33H39N5O3S/c1-23-26-11-4-5-13-28(26)38(22-7-6-14-29(42-23)33(41)36(2)3)32(40)24-15-17-25(18-16-24)35-31(39)27-12-10-19-34-30(27)37-20-8-9-21-37/h4-5,10-18,23,34H,6-9,19-22H2,1-3H3,(H,35,39)/b29-14-. The van der Waals surface area contributed by atoms with Gasteiger partial charge in [0.25, 0.3) is 17.7 Å². The maximum absolute atomic E-state index is 13.9. The van der Waals surface area contributed by atoms with E-state index in [9.17, 15) is 14.4 Å². The molecule has 9 heteroatoms. The zero-order valence-corrected chi connectivity index (χ0v) is 25.4. The first-order chi connectivity index (χ1) is 20.3. The van der Waals surface area contributed by atoms with Crippen molar-refractivity contribution in [2.45, 2.75) is 37.9 Å². The van der Waals surface area contributed by atoms with E-state index in [-0.39, 0.29) is 23.0 Å². The van der Waals surface area contributed by atoms with Crippen LogP contribution in [0, 0.1) is 0 Å². The Bertz CT molecular complexity index is 1420. The summed E-state index contributed by atoms with van der Waals surface area (Å²) in [5.74, 6) is 0.632. The minimum absolute atomic E-state index is 0.00403. The van der Waals surface area contributed by atoms with Crippen LogP contribution >= 0.6 is 11.8 Å². The van der Waals surface area contributed by atoms with Crippen molar-refractivity contribution in [3.05, 3.63) is 94.2 Å². The van der Waals surface area contributed by atoms with E-state index >= 15 is 0 Å². The molecule has 3 heterocycles. The molecule has 1 saturated heterocycles. The van der Waals surface area contributed by atoms with E-state index in [1.54, 1.807) is 43.3 Å². The van der Waals surface area contributed by atoms with Gasteiger partial charge in [-0.3, -0.25) is 14.4 Å². The Kier molecular flexibility index (Phi) is 9.37. The highest BCUT2D eigenvalue weighted by Gasteiger charge is 2.26. The van der Waals surface area contributed by atoms with Gasteiger partial charge < -0.3 is 25.3 Å². The van der Waals surface area contributed by atoms with Gasteiger partial charge in [0.1, 0.15) is 5.82 Å². The van der Waals surface area contributed by atoms with E-state index in [4.69, 9.17) is 0 Å². The molecule has 1 atom stereocenters. The second-order valence-corrected chi connectivity index (χ2v) is 12.3. The number of benzene rings is 2. The first kappa shape index (κ1) is 29.5. The van der Waals surface area contributed by atoms with Crippen LogP contribution in [0.15, 0.2) is 83.1 Å².